The zero-order valence-corrected chi connectivity index (χ0v) is 19.9. The Kier molecular flexibility index (Phi) is 6.89. The van der Waals surface area contributed by atoms with Gasteiger partial charge in [-0.25, -0.2) is 4.98 Å². The molecule has 2 heterocycles. The van der Waals surface area contributed by atoms with Gasteiger partial charge in [-0.1, -0.05) is 62.4 Å². The third kappa shape index (κ3) is 5.14. The van der Waals surface area contributed by atoms with Crippen LogP contribution in [0, 0.1) is 12.8 Å². The summed E-state index contributed by atoms with van der Waals surface area (Å²) in [4.78, 5) is 31.4. The van der Waals surface area contributed by atoms with Crippen molar-refractivity contribution in [2.45, 2.75) is 33.2 Å². The Morgan fingerprint density at radius 3 is 2.52 bits per heavy atom. The highest BCUT2D eigenvalue weighted by Gasteiger charge is 2.21. The third-order valence-corrected chi connectivity index (χ3v) is 6.26. The van der Waals surface area contributed by atoms with E-state index in [-0.39, 0.29) is 17.9 Å². The van der Waals surface area contributed by atoms with Crippen molar-refractivity contribution in [3.05, 3.63) is 83.1 Å². The minimum Gasteiger partial charge on any atom is -0.349 e. The van der Waals surface area contributed by atoms with Gasteiger partial charge in [0.1, 0.15) is 5.69 Å². The maximum atomic E-state index is 13.3. The SMILES string of the molecule is Cc1nc2sccn2c1C(=O)NC[C@H](CC(C)C)NC(=O)c1ccccc1-c1ccccc1. The predicted octanol–water partition coefficient (Wildman–Crippen LogP) is 4.95. The lowest BCUT2D eigenvalue weighted by molar-refractivity contribution is 0.0901. The molecule has 0 aliphatic heterocycles. The number of thiazole rings is 1. The predicted molar refractivity (Wildman–Crippen MR) is 133 cm³/mol. The molecular formula is C26H28N4O2S. The molecule has 4 rings (SSSR count). The van der Waals surface area contributed by atoms with Crippen molar-refractivity contribution in [1.29, 1.82) is 0 Å². The van der Waals surface area contributed by atoms with Gasteiger partial charge in [-0.15, -0.1) is 11.3 Å². The van der Waals surface area contributed by atoms with Crippen LogP contribution >= 0.6 is 11.3 Å². The van der Waals surface area contributed by atoms with Crippen LogP contribution in [0.15, 0.2) is 66.2 Å². The van der Waals surface area contributed by atoms with E-state index in [1.165, 1.54) is 11.3 Å². The fourth-order valence-electron chi connectivity index (χ4n) is 4.04. The number of nitrogens with one attached hydrogen (secondary N) is 2. The van der Waals surface area contributed by atoms with Crippen LogP contribution < -0.4 is 10.6 Å². The molecule has 170 valence electrons. The van der Waals surface area contributed by atoms with E-state index in [1.807, 2.05) is 77.5 Å². The van der Waals surface area contributed by atoms with E-state index in [0.29, 0.717) is 29.4 Å². The first kappa shape index (κ1) is 22.7. The van der Waals surface area contributed by atoms with E-state index < -0.39 is 0 Å². The van der Waals surface area contributed by atoms with Crippen LogP contribution in [0.4, 0.5) is 0 Å². The Morgan fingerprint density at radius 2 is 1.76 bits per heavy atom. The Labute approximate surface area is 197 Å². The maximum absolute atomic E-state index is 13.3. The number of benzene rings is 2. The maximum Gasteiger partial charge on any atom is 0.270 e. The van der Waals surface area contributed by atoms with Crippen molar-refractivity contribution in [1.82, 2.24) is 20.0 Å². The number of imidazole rings is 1. The fourth-order valence-corrected chi connectivity index (χ4v) is 4.80. The number of hydrogen-bond donors (Lipinski definition) is 2. The summed E-state index contributed by atoms with van der Waals surface area (Å²) in [5.74, 6) is 0.0260. The minimum absolute atomic E-state index is 0.143. The van der Waals surface area contributed by atoms with Crippen LogP contribution in [-0.2, 0) is 0 Å². The molecule has 2 aromatic heterocycles. The molecule has 0 saturated heterocycles. The van der Waals surface area contributed by atoms with Crippen molar-refractivity contribution in [3.63, 3.8) is 0 Å². The number of aryl methyl sites for hydroxylation is 1. The Balaban J connectivity index is 1.50. The largest absolute Gasteiger partial charge is 0.349 e. The number of nitrogens with zero attached hydrogens (tertiary/aromatic N) is 2. The van der Waals surface area contributed by atoms with E-state index in [2.05, 4.69) is 29.5 Å². The minimum atomic E-state index is -0.198. The average Bonchev–Trinajstić information content (AvgIpc) is 3.37. The molecule has 1 atom stereocenters. The molecule has 2 amide bonds. The van der Waals surface area contributed by atoms with E-state index in [9.17, 15) is 9.59 Å². The van der Waals surface area contributed by atoms with Crippen molar-refractivity contribution >= 4 is 28.1 Å². The average molecular weight is 461 g/mol. The van der Waals surface area contributed by atoms with Gasteiger partial charge < -0.3 is 10.6 Å². The smallest absolute Gasteiger partial charge is 0.270 e. The molecule has 33 heavy (non-hydrogen) atoms. The zero-order chi connectivity index (χ0) is 23.4. The summed E-state index contributed by atoms with van der Waals surface area (Å²) in [7, 11) is 0. The van der Waals surface area contributed by atoms with Crippen LogP contribution in [0.2, 0.25) is 0 Å². The standard InChI is InChI=1S/C26H28N4O2S/c1-17(2)15-20(16-27-25(32)23-18(3)28-26-30(23)13-14-33-26)29-24(31)22-12-8-7-11-21(22)19-9-5-4-6-10-19/h4-14,17,20H,15-16H2,1-3H3,(H,27,32)(H,29,31)/t20-/m0/s1. The summed E-state index contributed by atoms with van der Waals surface area (Å²) in [5.41, 5.74) is 3.73. The summed E-state index contributed by atoms with van der Waals surface area (Å²) in [6, 6.07) is 17.3. The lowest BCUT2D eigenvalue weighted by Gasteiger charge is -2.22. The summed E-state index contributed by atoms with van der Waals surface area (Å²) in [6.45, 7) is 6.39. The van der Waals surface area contributed by atoms with Crippen LogP contribution in [0.3, 0.4) is 0 Å². The number of amides is 2. The topological polar surface area (TPSA) is 75.5 Å². The molecule has 0 radical (unpaired) electrons. The Morgan fingerprint density at radius 1 is 1.03 bits per heavy atom. The summed E-state index contributed by atoms with van der Waals surface area (Å²) in [5, 5.41) is 8.06. The first-order valence-electron chi connectivity index (χ1n) is 11.1. The number of aromatic nitrogens is 2. The normalized spacial score (nSPS) is 12.1. The van der Waals surface area contributed by atoms with Crippen molar-refractivity contribution in [2.24, 2.45) is 5.92 Å². The van der Waals surface area contributed by atoms with Gasteiger partial charge in [0.2, 0.25) is 0 Å². The molecule has 0 aliphatic carbocycles. The van der Waals surface area contributed by atoms with Crippen LogP contribution in [0.25, 0.3) is 16.1 Å². The highest BCUT2D eigenvalue weighted by Crippen LogP contribution is 2.23. The van der Waals surface area contributed by atoms with E-state index in [4.69, 9.17) is 0 Å². The highest BCUT2D eigenvalue weighted by molar-refractivity contribution is 7.15. The van der Waals surface area contributed by atoms with Crippen LogP contribution in [-0.4, -0.2) is 33.8 Å². The molecule has 0 aliphatic rings. The van der Waals surface area contributed by atoms with Gasteiger partial charge in [-0.05, 0) is 36.5 Å². The molecular weight excluding hydrogens is 432 g/mol. The number of carbonyl (C=O) groups is 2. The van der Waals surface area contributed by atoms with Crippen LogP contribution in [0.1, 0.15) is 46.8 Å². The molecule has 7 heteroatoms. The van der Waals surface area contributed by atoms with Crippen molar-refractivity contribution in [3.8, 4) is 11.1 Å². The lowest BCUT2D eigenvalue weighted by Crippen LogP contribution is -2.44. The number of hydrogen-bond acceptors (Lipinski definition) is 4. The molecule has 2 N–H and O–H groups in total. The van der Waals surface area contributed by atoms with Gasteiger partial charge in [0.25, 0.3) is 11.8 Å². The van der Waals surface area contributed by atoms with Gasteiger partial charge in [-0.3, -0.25) is 14.0 Å². The quantitative estimate of drug-likeness (QED) is 0.391. The van der Waals surface area contributed by atoms with Gasteiger partial charge in [-0.2, -0.15) is 0 Å². The molecule has 0 bridgehead atoms. The molecule has 0 saturated carbocycles. The highest BCUT2D eigenvalue weighted by atomic mass is 32.1. The second kappa shape index (κ2) is 10.0. The Bertz CT molecular complexity index is 1260. The summed E-state index contributed by atoms with van der Waals surface area (Å²) in [6.07, 6.45) is 2.60. The number of carbonyl (C=O) groups excluding carboxylic acids is 2. The second-order valence-electron chi connectivity index (χ2n) is 8.52. The molecule has 0 unspecified atom stereocenters. The molecule has 6 nitrogen and oxygen atoms in total. The monoisotopic (exact) mass is 460 g/mol. The number of fused-ring (bicyclic) bond motifs is 1. The van der Waals surface area contributed by atoms with E-state index >= 15 is 0 Å². The van der Waals surface area contributed by atoms with E-state index in [1.54, 1.807) is 0 Å². The van der Waals surface area contributed by atoms with Gasteiger partial charge >= 0.3 is 0 Å². The van der Waals surface area contributed by atoms with Gasteiger partial charge in [0.15, 0.2) is 4.96 Å². The molecule has 0 fully saturated rings. The Hall–Kier alpha value is -3.45. The van der Waals surface area contributed by atoms with Crippen LogP contribution in [0.5, 0.6) is 0 Å². The van der Waals surface area contributed by atoms with Crippen molar-refractivity contribution < 1.29 is 9.59 Å². The lowest BCUT2D eigenvalue weighted by atomic mass is 9.98. The van der Waals surface area contributed by atoms with Gasteiger partial charge in [0.05, 0.1) is 5.69 Å². The first-order valence-corrected chi connectivity index (χ1v) is 12.0. The molecule has 4 aromatic rings. The van der Waals surface area contributed by atoms with Crippen molar-refractivity contribution in [2.75, 3.05) is 6.54 Å². The third-order valence-electron chi connectivity index (χ3n) is 5.51. The summed E-state index contributed by atoms with van der Waals surface area (Å²) >= 11 is 1.49. The van der Waals surface area contributed by atoms with E-state index in [0.717, 1.165) is 22.5 Å². The first-order chi connectivity index (χ1) is 15.9. The molecule has 2 aromatic carbocycles. The summed E-state index contributed by atoms with van der Waals surface area (Å²) < 4.78 is 1.81. The fraction of sp³-hybridized carbons (Fsp3) is 0.269. The zero-order valence-electron chi connectivity index (χ0n) is 19.0. The van der Waals surface area contributed by atoms with Gasteiger partial charge in [0, 0.05) is 29.7 Å². The molecule has 0 spiro atoms. The number of rotatable bonds is 8. The second-order valence-corrected chi connectivity index (χ2v) is 9.40.